The molecule has 2 aliphatic carbocycles. The molecular formula is C38H25NS. The number of benzene rings is 6. The summed E-state index contributed by atoms with van der Waals surface area (Å²) >= 11 is 1.86. The highest BCUT2D eigenvalue weighted by Crippen LogP contribution is 2.63. The molecule has 0 radical (unpaired) electrons. The number of anilines is 3. The minimum atomic E-state index is -0.344. The van der Waals surface area contributed by atoms with Gasteiger partial charge in [0.25, 0.3) is 0 Å². The third-order valence-electron chi connectivity index (χ3n) is 8.92. The second-order valence-electron chi connectivity index (χ2n) is 11.0. The normalized spacial score (nSPS) is 14.7. The molecule has 6 aromatic rings. The fourth-order valence-electron chi connectivity index (χ4n) is 7.36. The van der Waals surface area contributed by atoms with Crippen LogP contribution < -0.4 is 4.90 Å². The first-order valence-electron chi connectivity index (χ1n) is 13.9. The van der Waals surface area contributed by atoms with Gasteiger partial charge in [0, 0.05) is 15.5 Å². The van der Waals surface area contributed by atoms with Gasteiger partial charge in [-0.05, 0) is 87.8 Å². The number of aryl methyl sites for hydroxylation is 1. The first-order valence-corrected chi connectivity index (χ1v) is 14.7. The summed E-state index contributed by atoms with van der Waals surface area (Å²) in [4.78, 5) is 5.02. The lowest BCUT2D eigenvalue weighted by Crippen LogP contribution is -2.26. The Kier molecular flexibility index (Phi) is 4.46. The lowest BCUT2D eigenvalue weighted by Gasteiger charge is -2.35. The van der Waals surface area contributed by atoms with Crippen LogP contribution in [0, 0.1) is 6.92 Å². The Morgan fingerprint density at radius 2 is 0.975 bits per heavy atom. The van der Waals surface area contributed by atoms with Crippen LogP contribution in [0.25, 0.3) is 22.3 Å². The minimum Gasteiger partial charge on any atom is -0.308 e. The Bertz CT molecular complexity index is 1930. The largest absolute Gasteiger partial charge is 0.308 e. The molecule has 0 aromatic heterocycles. The van der Waals surface area contributed by atoms with E-state index in [0.29, 0.717) is 0 Å². The van der Waals surface area contributed by atoms with Crippen LogP contribution in [0.2, 0.25) is 0 Å². The minimum absolute atomic E-state index is 0.344. The third kappa shape index (κ3) is 2.74. The summed E-state index contributed by atoms with van der Waals surface area (Å²) < 4.78 is 0. The van der Waals surface area contributed by atoms with Crippen LogP contribution in [-0.4, -0.2) is 0 Å². The van der Waals surface area contributed by atoms with Gasteiger partial charge in [-0.15, -0.1) is 0 Å². The van der Waals surface area contributed by atoms with Crippen molar-refractivity contribution in [3.8, 4) is 22.3 Å². The van der Waals surface area contributed by atoms with E-state index in [9.17, 15) is 0 Å². The van der Waals surface area contributed by atoms with Crippen LogP contribution >= 0.6 is 11.8 Å². The Morgan fingerprint density at radius 1 is 0.475 bits per heavy atom. The van der Waals surface area contributed by atoms with Gasteiger partial charge in [0.1, 0.15) is 0 Å². The molecule has 188 valence electrons. The maximum absolute atomic E-state index is 2.48. The predicted octanol–water partition coefficient (Wildman–Crippen LogP) is 10.3. The van der Waals surface area contributed by atoms with Gasteiger partial charge in [0.05, 0.1) is 16.8 Å². The average Bonchev–Trinajstić information content (AvgIpc) is 3.46. The highest BCUT2D eigenvalue weighted by Gasteiger charge is 2.51. The first kappa shape index (κ1) is 22.3. The molecule has 0 saturated heterocycles. The van der Waals surface area contributed by atoms with E-state index < -0.39 is 0 Å². The molecule has 0 bridgehead atoms. The molecule has 2 heteroatoms. The smallest absolute Gasteiger partial charge is 0.0726 e. The average molecular weight is 528 g/mol. The van der Waals surface area contributed by atoms with Gasteiger partial charge in [-0.2, -0.15) is 0 Å². The van der Waals surface area contributed by atoms with E-state index in [2.05, 4.69) is 145 Å². The number of hydrogen-bond acceptors (Lipinski definition) is 2. The highest BCUT2D eigenvalue weighted by molar-refractivity contribution is 7.99. The second kappa shape index (κ2) is 8.00. The monoisotopic (exact) mass is 527 g/mol. The van der Waals surface area contributed by atoms with E-state index in [0.717, 1.165) is 0 Å². The van der Waals surface area contributed by atoms with Gasteiger partial charge in [0.2, 0.25) is 0 Å². The lowest BCUT2D eigenvalue weighted by molar-refractivity contribution is 0.792. The summed E-state index contributed by atoms with van der Waals surface area (Å²) in [7, 11) is 0. The molecule has 1 spiro atoms. The maximum Gasteiger partial charge on any atom is 0.0726 e. The quantitative estimate of drug-likeness (QED) is 0.209. The van der Waals surface area contributed by atoms with Gasteiger partial charge in [-0.3, -0.25) is 0 Å². The lowest BCUT2D eigenvalue weighted by atomic mass is 9.70. The van der Waals surface area contributed by atoms with Crippen molar-refractivity contribution in [2.24, 2.45) is 0 Å². The van der Waals surface area contributed by atoms with E-state index in [1.54, 1.807) is 0 Å². The topological polar surface area (TPSA) is 3.24 Å². The van der Waals surface area contributed by atoms with Crippen molar-refractivity contribution in [3.05, 3.63) is 161 Å². The number of fused-ring (bicyclic) bond motifs is 12. The summed E-state index contributed by atoms with van der Waals surface area (Å²) in [5.41, 5.74) is 15.5. The molecule has 1 nitrogen and oxygen atoms in total. The standard InChI is InChI=1S/C38H25NS/c1-24-18-20-28-29-21-19-25(39-34-14-6-8-16-36(34)40-37-17-9-7-15-35(37)39)23-33(29)38(32(28)22-24)30-12-4-2-10-26(30)27-11-3-5-13-31(27)38/h2-23H,1H3. The highest BCUT2D eigenvalue weighted by atomic mass is 32.2. The molecule has 0 atom stereocenters. The Morgan fingerprint density at radius 3 is 1.62 bits per heavy atom. The van der Waals surface area contributed by atoms with Crippen LogP contribution in [0.15, 0.2) is 143 Å². The van der Waals surface area contributed by atoms with Gasteiger partial charge in [-0.1, -0.05) is 114 Å². The van der Waals surface area contributed by atoms with Gasteiger partial charge in [0.15, 0.2) is 0 Å². The molecule has 1 aliphatic heterocycles. The summed E-state index contributed by atoms with van der Waals surface area (Å²) in [6.07, 6.45) is 0. The number of rotatable bonds is 1. The third-order valence-corrected chi connectivity index (χ3v) is 10.0. The van der Waals surface area contributed by atoms with Crippen molar-refractivity contribution in [3.63, 3.8) is 0 Å². The zero-order chi connectivity index (χ0) is 26.4. The molecule has 40 heavy (non-hydrogen) atoms. The number of nitrogens with zero attached hydrogens (tertiary/aromatic N) is 1. The van der Waals surface area contributed by atoms with Crippen molar-refractivity contribution >= 4 is 28.8 Å². The molecule has 0 amide bonds. The fourth-order valence-corrected chi connectivity index (χ4v) is 8.42. The molecule has 0 saturated carbocycles. The fraction of sp³-hybridized carbons (Fsp3) is 0.0526. The van der Waals surface area contributed by atoms with Crippen molar-refractivity contribution in [1.82, 2.24) is 0 Å². The van der Waals surface area contributed by atoms with Crippen LogP contribution in [0.5, 0.6) is 0 Å². The summed E-state index contributed by atoms with van der Waals surface area (Å²) in [5, 5.41) is 0. The zero-order valence-electron chi connectivity index (χ0n) is 22.1. The van der Waals surface area contributed by atoms with Crippen LogP contribution in [0.4, 0.5) is 17.1 Å². The first-order chi connectivity index (χ1) is 19.7. The molecule has 1 heterocycles. The van der Waals surface area contributed by atoms with Crippen LogP contribution in [0.1, 0.15) is 27.8 Å². The zero-order valence-corrected chi connectivity index (χ0v) is 22.9. The van der Waals surface area contributed by atoms with E-state index in [-0.39, 0.29) is 5.41 Å². The second-order valence-corrected chi connectivity index (χ2v) is 12.1. The van der Waals surface area contributed by atoms with E-state index in [1.807, 2.05) is 11.8 Å². The molecule has 0 N–H and O–H groups in total. The Hall–Kier alpha value is -4.53. The van der Waals surface area contributed by atoms with E-state index in [1.165, 1.54) is 76.9 Å². The van der Waals surface area contributed by atoms with E-state index >= 15 is 0 Å². The molecule has 0 fully saturated rings. The van der Waals surface area contributed by atoms with E-state index in [4.69, 9.17) is 0 Å². The van der Waals surface area contributed by atoms with Gasteiger partial charge >= 0.3 is 0 Å². The van der Waals surface area contributed by atoms with Crippen LogP contribution in [-0.2, 0) is 5.41 Å². The number of hydrogen-bond donors (Lipinski definition) is 0. The van der Waals surface area contributed by atoms with Crippen molar-refractivity contribution in [2.75, 3.05) is 4.90 Å². The molecule has 6 aromatic carbocycles. The summed E-state index contributed by atoms with van der Waals surface area (Å²) in [6, 6.07) is 49.8. The summed E-state index contributed by atoms with van der Waals surface area (Å²) in [6.45, 7) is 2.22. The SMILES string of the molecule is Cc1ccc2c(c1)C1(c3ccccc3-c3ccccc31)c1cc(N3c4ccccc4Sc4ccccc43)ccc1-2. The molecule has 9 rings (SSSR count). The molecular weight excluding hydrogens is 502 g/mol. The van der Waals surface area contributed by atoms with Crippen molar-refractivity contribution < 1.29 is 0 Å². The van der Waals surface area contributed by atoms with Crippen molar-refractivity contribution in [1.29, 1.82) is 0 Å². The van der Waals surface area contributed by atoms with Crippen LogP contribution in [0.3, 0.4) is 0 Å². The number of para-hydroxylation sites is 2. The van der Waals surface area contributed by atoms with Gasteiger partial charge in [-0.25, -0.2) is 0 Å². The van der Waals surface area contributed by atoms with Crippen molar-refractivity contribution in [2.45, 2.75) is 22.1 Å². The Labute approximate surface area is 238 Å². The maximum atomic E-state index is 2.48. The Balaban J connectivity index is 1.38. The molecule has 3 aliphatic rings. The molecule has 0 unspecified atom stereocenters. The predicted molar refractivity (Wildman–Crippen MR) is 166 cm³/mol. The van der Waals surface area contributed by atoms with Gasteiger partial charge < -0.3 is 4.90 Å². The summed E-state index contributed by atoms with van der Waals surface area (Å²) in [5.74, 6) is 0.